The van der Waals surface area contributed by atoms with Crippen LogP contribution in [-0.4, -0.2) is 5.78 Å². The molecule has 0 bridgehead atoms. The van der Waals surface area contributed by atoms with Crippen LogP contribution in [-0.2, 0) is 4.79 Å². The second kappa shape index (κ2) is 7.59. The van der Waals surface area contributed by atoms with E-state index in [0.717, 1.165) is 36.0 Å². The third-order valence-corrected chi connectivity index (χ3v) is 9.81. The molecular weight excluding hydrogens is 316 g/mol. The van der Waals surface area contributed by atoms with Crippen molar-refractivity contribution in [3.63, 3.8) is 0 Å². The SMILES string of the molecule is C.CCCCC1CCC2(CC)C(CCC3C4CCC(=O)C4(C)CCC32)C1. The summed E-state index contributed by atoms with van der Waals surface area (Å²) in [4.78, 5) is 12.6. The number of Topliss-reactive ketones (excluding diaryl/α,β-unsaturated/α-hetero) is 1. The van der Waals surface area contributed by atoms with E-state index >= 15 is 0 Å². The molecule has 0 radical (unpaired) electrons. The monoisotopic (exact) mass is 360 g/mol. The first-order valence-corrected chi connectivity index (χ1v) is 11.6. The fraction of sp³-hybridized carbons (Fsp3) is 0.960. The van der Waals surface area contributed by atoms with Gasteiger partial charge in [-0.2, -0.15) is 0 Å². The number of carbonyl (C=O) groups is 1. The van der Waals surface area contributed by atoms with E-state index in [1.54, 1.807) is 0 Å². The molecule has 150 valence electrons. The normalized spacial score (nSPS) is 47.5. The molecule has 4 fully saturated rings. The van der Waals surface area contributed by atoms with Gasteiger partial charge in [0, 0.05) is 11.8 Å². The highest BCUT2D eigenvalue weighted by molar-refractivity contribution is 5.87. The Hall–Kier alpha value is -0.330. The minimum atomic E-state index is 0. The van der Waals surface area contributed by atoms with E-state index in [0.29, 0.717) is 11.2 Å². The zero-order valence-electron chi connectivity index (χ0n) is 17.0. The first kappa shape index (κ1) is 20.4. The molecule has 1 nitrogen and oxygen atoms in total. The number of rotatable bonds is 4. The van der Waals surface area contributed by atoms with Gasteiger partial charge in [-0.25, -0.2) is 0 Å². The van der Waals surface area contributed by atoms with E-state index in [1.807, 2.05) is 0 Å². The second-order valence-electron chi connectivity index (χ2n) is 10.4. The lowest BCUT2D eigenvalue weighted by molar-refractivity contribution is -0.143. The van der Waals surface area contributed by atoms with Crippen molar-refractivity contribution in [3.05, 3.63) is 0 Å². The number of hydrogen-bond donors (Lipinski definition) is 0. The molecule has 0 aromatic carbocycles. The van der Waals surface area contributed by atoms with Crippen LogP contribution in [0.3, 0.4) is 0 Å². The topological polar surface area (TPSA) is 17.1 Å². The smallest absolute Gasteiger partial charge is 0.139 e. The lowest BCUT2D eigenvalue weighted by Crippen LogP contribution is -2.54. The largest absolute Gasteiger partial charge is 0.299 e. The third-order valence-electron chi connectivity index (χ3n) is 9.81. The first-order valence-electron chi connectivity index (χ1n) is 11.6. The minimum Gasteiger partial charge on any atom is -0.299 e. The van der Waals surface area contributed by atoms with Gasteiger partial charge >= 0.3 is 0 Å². The Balaban J connectivity index is 0.00000196. The molecule has 0 aromatic rings. The fourth-order valence-corrected chi connectivity index (χ4v) is 8.38. The lowest BCUT2D eigenvalue weighted by atomic mass is 9.43. The van der Waals surface area contributed by atoms with Crippen molar-refractivity contribution in [2.45, 2.75) is 112 Å². The molecule has 4 rings (SSSR count). The lowest BCUT2D eigenvalue weighted by Gasteiger charge is -2.61. The third kappa shape index (κ3) is 2.91. The predicted octanol–water partition coefficient (Wildman–Crippen LogP) is 7.43. The van der Waals surface area contributed by atoms with Crippen LogP contribution in [0, 0.1) is 40.4 Å². The van der Waals surface area contributed by atoms with Gasteiger partial charge in [-0.05, 0) is 92.8 Å². The zero-order valence-corrected chi connectivity index (χ0v) is 17.0. The van der Waals surface area contributed by atoms with Crippen LogP contribution in [0.15, 0.2) is 0 Å². The summed E-state index contributed by atoms with van der Waals surface area (Å²) in [7, 11) is 0. The van der Waals surface area contributed by atoms with Crippen molar-refractivity contribution in [3.8, 4) is 0 Å². The molecule has 0 aromatic heterocycles. The summed E-state index contributed by atoms with van der Waals surface area (Å²) in [5.41, 5.74) is 0.694. The molecule has 1 heteroatoms. The first-order chi connectivity index (χ1) is 12.0. The van der Waals surface area contributed by atoms with Gasteiger partial charge in [-0.3, -0.25) is 4.79 Å². The summed E-state index contributed by atoms with van der Waals surface area (Å²) in [6.07, 6.45) is 17.7. The Morgan fingerprint density at radius 3 is 2.54 bits per heavy atom. The molecule has 4 aliphatic rings. The van der Waals surface area contributed by atoms with Crippen LogP contribution in [0.25, 0.3) is 0 Å². The molecule has 0 aliphatic heterocycles. The summed E-state index contributed by atoms with van der Waals surface area (Å²) in [5, 5.41) is 0. The van der Waals surface area contributed by atoms with E-state index in [1.165, 1.54) is 77.0 Å². The highest BCUT2D eigenvalue weighted by Crippen LogP contribution is 2.67. The van der Waals surface area contributed by atoms with Crippen molar-refractivity contribution in [2.75, 3.05) is 0 Å². The number of ketones is 1. The van der Waals surface area contributed by atoms with E-state index < -0.39 is 0 Å². The Bertz CT molecular complexity index is 510. The summed E-state index contributed by atoms with van der Waals surface area (Å²) >= 11 is 0. The summed E-state index contributed by atoms with van der Waals surface area (Å²) in [6.45, 7) is 7.16. The number of fused-ring (bicyclic) bond motifs is 5. The maximum Gasteiger partial charge on any atom is 0.139 e. The van der Waals surface area contributed by atoms with Crippen LogP contribution >= 0.6 is 0 Å². The zero-order chi connectivity index (χ0) is 17.7. The highest BCUT2D eigenvalue weighted by atomic mass is 16.1. The predicted molar refractivity (Wildman–Crippen MR) is 111 cm³/mol. The van der Waals surface area contributed by atoms with Gasteiger partial charge in [0.25, 0.3) is 0 Å². The molecule has 7 atom stereocenters. The highest BCUT2D eigenvalue weighted by Gasteiger charge is 2.60. The van der Waals surface area contributed by atoms with Crippen LogP contribution in [0.4, 0.5) is 0 Å². The van der Waals surface area contributed by atoms with E-state index in [4.69, 9.17) is 0 Å². The minimum absolute atomic E-state index is 0. The molecule has 0 spiro atoms. The van der Waals surface area contributed by atoms with Crippen molar-refractivity contribution < 1.29 is 4.79 Å². The summed E-state index contributed by atoms with van der Waals surface area (Å²) in [6, 6.07) is 0. The molecule has 4 aliphatic carbocycles. The molecule has 4 saturated carbocycles. The Morgan fingerprint density at radius 2 is 1.81 bits per heavy atom. The quantitative estimate of drug-likeness (QED) is 0.509. The number of carbonyl (C=O) groups excluding carboxylic acids is 1. The Morgan fingerprint density at radius 1 is 1.00 bits per heavy atom. The van der Waals surface area contributed by atoms with Crippen molar-refractivity contribution in [2.24, 2.45) is 40.4 Å². The molecule has 0 heterocycles. The van der Waals surface area contributed by atoms with E-state index in [2.05, 4.69) is 20.8 Å². The molecule has 26 heavy (non-hydrogen) atoms. The van der Waals surface area contributed by atoms with Crippen LogP contribution in [0.5, 0.6) is 0 Å². The van der Waals surface area contributed by atoms with Gasteiger partial charge < -0.3 is 0 Å². The van der Waals surface area contributed by atoms with Gasteiger partial charge in [0.15, 0.2) is 0 Å². The molecule has 0 N–H and O–H groups in total. The van der Waals surface area contributed by atoms with Crippen molar-refractivity contribution >= 4 is 5.78 Å². The van der Waals surface area contributed by atoms with Gasteiger partial charge in [0.05, 0.1) is 0 Å². The molecule has 7 unspecified atom stereocenters. The number of hydrogen-bond acceptors (Lipinski definition) is 1. The van der Waals surface area contributed by atoms with E-state index in [-0.39, 0.29) is 12.8 Å². The van der Waals surface area contributed by atoms with Gasteiger partial charge in [0.2, 0.25) is 0 Å². The van der Waals surface area contributed by atoms with Crippen LogP contribution in [0.2, 0.25) is 0 Å². The average Bonchev–Trinajstić information content (AvgIpc) is 2.94. The summed E-state index contributed by atoms with van der Waals surface area (Å²) < 4.78 is 0. The van der Waals surface area contributed by atoms with Gasteiger partial charge in [-0.15, -0.1) is 0 Å². The second-order valence-corrected chi connectivity index (χ2v) is 10.4. The Kier molecular flexibility index (Phi) is 5.96. The molecular formula is C25H44O. The van der Waals surface area contributed by atoms with Gasteiger partial charge in [-0.1, -0.05) is 47.5 Å². The number of unbranched alkanes of at least 4 members (excludes halogenated alkanes) is 1. The average molecular weight is 361 g/mol. The van der Waals surface area contributed by atoms with Crippen LogP contribution < -0.4 is 0 Å². The van der Waals surface area contributed by atoms with Crippen molar-refractivity contribution in [1.29, 1.82) is 0 Å². The molecule has 0 amide bonds. The van der Waals surface area contributed by atoms with E-state index in [9.17, 15) is 4.79 Å². The Labute approximate surface area is 163 Å². The van der Waals surface area contributed by atoms with Crippen molar-refractivity contribution in [1.82, 2.24) is 0 Å². The van der Waals surface area contributed by atoms with Gasteiger partial charge in [0.1, 0.15) is 5.78 Å². The maximum atomic E-state index is 12.6. The fourth-order valence-electron chi connectivity index (χ4n) is 8.38. The maximum absolute atomic E-state index is 12.6. The standard InChI is InChI=1S/C24H40O.CH4/c1-4-6-7-17-12-15-24(5-2)18(16-17)8-9-19-20-10-11-22(25)23(20,3)14-13-21(19)24;/h17-21H,4-16H2,1-3H3;1H4. The summed E-state index contributed by atoms with van der Waals surface area (Å²) in [5.74, 6) is 5.15. The molecule has 0 saturated heterocycles. The van der Waals surface area contributed by atoms with Crippen LogP contribution in [0.1, 0.15) is 112 Å².